The quantitative estimate of drug-likeness (QED) is 0.761. The number of hydrogen-bond donors (Lipinski definition) is 1. The standard InChI is InChI=1S/C14H17NO3/c1-11(16)15-14(12-5-3-2-4-6-12)9-13-10-17-7-8-18-13/h2-6,13H,7-10H2,1H3/p+1/t13-/m0/s1. The zero-order chi connectivity index (χ0) is 12.8. The summed E-state index contributed by atoms with van der Waals surface area (Å²) in [6.07, 6.45) is 0.671. The second-order valence-corrected chi connectivity index (χ2v) is 4.30. The third-order valence-electron chi connectivity index (χ3n) is 2.77. The van der Waals surface area contributed by atoms with Crippen molar-refractivity contribution >= 4 is 11.6 Å². The molecule has 1 aromatic carbocycles. The van der Waals surface area contributed by atoms with Crippen molar-refractivity contribution in [3.8, 4) is 0 Å². The highest BCUT2D eigenvalue weighted by Crippen LogP contribution is 2.09. The lowest BCUT2D eigenvalue weighted by Crippen LogP contribution is -2.77. The molecule has 0 radical (unpaired) electrons. The SMILES string of the molecule is CC(=O)[NH+]=C(C[C@H]1COCCO1)c1ccccc1. The van der Waals surface area contributed by atoms with Gasteiger partial charge < -0.3 is 9.47 Å². The molecule has 0 bridgehead atoms. The number of rotatable bonds is 3. The van der Waals surface area contributed by atoms with Gasteiger partial charge in [-0.2, -0.15) is 4.99 Å². The monoisotopic (exact) mass is 248 g/mol. The molecule has 96 valence electrons. The Morgan fingerprint density at radius 3 is 2.72 bits per heavy atom. The van der Waals surface area contributed by atoms with Crippen LogP contribution in [0.2, 0.25) is 0 Å². The summed E-state index contributed by atoms with van der Waals surface area (Å²) in [6, 6.07) is 9.82. The van der Waals surface area contributed by atoms with Gasteiger partial charge in [-0.05, 0) is 12.1 Å². The van der Waals surface area contributed by atoms with Crippen LogP contribution >= 0.6 is 0 Å². The predicted molar refractivity (Wildman–Crippen MR) is 67.4 cm³/mol. The van der Waals surface area contributed by atoms with Crippen LogP contribution in [-0.4, -0.2) is 37.5 Å². The van der Waals surface area contributed by atoms with Crippen LogP contribution in [0.1, 0.15) is 18.9 Å². The van der Waals surface area contributed by atoms with Crippen molar-refractivity contribution in [1.82, 2.24) is 0 Å². The number of hydrogen-bond acceptors (Lipinski definition) is 3. The first-order valence-corrected chi connectivity index (χ1v) is 6.14. The van der Waals surface area contributed by atoms with Crippen LogP contribution in [0.15, 0.2) is 30.3 Å². The van der Waals surface area contributed by atoms with Crippen molar-refractivity contribution in [2.24, 2.45) is 0 Å². The number of amides is 1. The van der Waals surface area contributed by atoms with Crippen LogP contribution in [0.3, 0.4) is 0 Å². The zero-order valence-corrected chi connectivity index (χ0v) is 10.5. The molecule has 2 rings (SSSR count). The molecule has 0 saturated carbocycles. The van der Waals surface area contributed by atoms with Crippen molar-refractivity contribution < 1.29 is 19.3 Å². The van der Waals surface area contributed by atoms with E-state index in [0.29, 0.717) is 26.2 Å². The molecule has 1 amide bonds. The van der Waals surface area contributed by atoms with Crippen LogP contribution in [0.25, 0.3) is 0 Å². The topological polar surface area (TPSA) is 49.5 Å². The molecule has 4 nitrogen and oxygen atoms in total. The maximum Gasteiger partial charge on any atom is 0.382 e. The van der Waals surface area contributed by atoms with Gasteiger partial charge in [-0.3, -0.25) is 0 Å². The van der Waals surface area contributed by atoms with E-state index in [1.54, 1.807) is 0 Å². The normalized spacial score (nSPS) is 20.7. The molecule has 0 unspecified atom stereocenters. The molecule has 0 aromatic heterocycles. The maximum atomic E-state index is 11.3. The predicted octanol–water partition coefficient (Wildman–Crippen LogP) is -0.0917. The van der Waals surface area contributed by atoms with E-state index >= 15 is 0 Å². The minimum Gasteiger partial charge on any atom is -0.376 e. The molecule has 4 heteroatoms. The van der Waals surface area contributed by atoms with Crippen LogP contribution in [0, 0.1) is 0 Å². The first-order valence-electron chi connectivity index (χ1n) is 6.14. The largest absolute Gasteiger partial charge is 0.382 e. The Labute approximate surface area is 107 Å². The van der Waals surface area contributed by atoms with Crippen molar-refractivity contribution in [3.63, 3.8) is 0 Å². The molecule has 1 aliphatic heterocycles. The van der Waals surface area contributed by atoms with Gasteiger partial charge in [-0.1, -0.05) is 18.2 Å². The Bertz CT molecular complexity index is 422. The molecule has 1 N–H and O–H groups in total. The van der Waals surface area contributed by atoms with E-state index in [0.717, 1.165) is 11.3 Å². The van der Waals surface area contributed by atoms with Crippen molar-refractivity contribution in [2.45, 2.75) is 19.4 Å². The minimum atomic E-state index is -0.0643. The third kappa shape index (κ3) is 3.75. The van der Waals surface area contributed by atoms with E-state index in [4.69, 9.17) is 9.47 Å². The number of ether oxygens (including phenoxy) is 2. The van der Waals surface area contributed by atoms with Crippen LogP contribution < -0.4 is 4.99 Å². The fraction of sp³-hybridized carbons (Fsp3) is 0.429. The highest BCUT2D eigenvalue weighted by atomic mass is 16.6. The molecule has 1 fully saturated rings. The van der Waals surface area contributed by atoms with Gasteiger partial charge in [0.2, 0.25) is 0 Å². The van der Waals surface area contributed by atoms with E-state index in [-0.39, 0.29) is 12.0 Å². The van der Waals surface area contributed by atoms with Gasteiger partial charge in [0.05, 0.1) is 39.3 Å². The van der Waals surface area contributed by atoms with E-state index in [1.165, 1.54) is 6.92 Å². The summed E-state index contributed by atoms with van der Waals surface area (Å²) in [5, 5.41) is 0. The van der Waals surface area contributed by atoms with Crippen molar-refractivity contribution in [1.29, 1.82) is 0 Å². The van der Waals surface area contributed by atoms with Crippen molar-refractivity contribution in [2.75, 3.05) is 19.8 Å². The molecular formula is C14H18NO3+. The lowest BCUT2D eigenvalue weighted by molar-refractivity contribution is -0.376. The highest BCUT2D eigenvalue weighted by molar-refractivity contribution is 5.98. The number of nitrogens with one attached hydrogen (secondary N) is 1. The van der Waals surface area contributed by atoms with Crippen LogP contribution in [0.5, 0.6) is 0 Å². The van der Waals surface area contributed by atoms with Crippen molar-refractivity contribution in [3.05, 3.63) is 35.9 Å². The first kappa shape index (κ1) is 12.9. The summed E-state index contributed by atoms with van der Waals surface area (Å²) < 4.78 is 11.0. The van der Waals surface area contributed by atoms with Crippen LogP contribution in [-0.2, 0) is 14.3 Å². The number of carbonyl (C=O) groups is 1. The first-order chi connectivity index (χ1) is 8.75. The molecular weight excluding hydrogens is 230 g/mol. The highest BCUT2D eigenvalue weighted by Gasteiger charge is 2.21. The second-order valence-electron chi connectivity index (χ2n) is 4.30. The Kier molecular flexibility index (Phi) is 4.61. The Hall–Kier alpha value is -1.52. The molecule has 0 spiro atoms. The van der Waals surface area contributed by atoms with Crippen LogP contribution in [0.4, 0.5) is 0 Å². The van der Waals surface area contributed by atoms with Gasteiger partial charge >= 0.3 is 5.91 Å². The van der Waals surface area contributed by atoms with Gasteiger partial charge in [0.25, 0.3) is 0 Å². The summed E-state index contributed by atoms with van der Waals surface area (Å²) in [5.41, 5.74) is 1.90. The maximum absolute atomic E-state index is 11.3. The molecule has 1 saturated heterocycles. The average molecular weight is 248 g/mol. The number of carbonyl (C=O) groups excluding carboxylic acids is 1. The lowest BCUT2D eigenvalue weighted by atomic mass is 10.0. The Balaban J connectivity index is 2.13. The van der Waals surface area contributed by atoms with Gasteiger partial charge in [-0.15, -0.1) is 0 Å². The molecule has 0 aliphatic carbocycles. The summed E-state index contributed by atoms with van der Waals surface area (Å²) >= 11 is 0. The van der Waals surface area contributed by atoms with Gasteiger partial charge in [0, 0.05) is 5.56 Å². The lowest BCUT2D eigenvalue weighted by Gasteiger charge is -2.22. The van der Waals surface area contributed by atoms with E-state index < -0.39 is 0 Å². The third-order valence-corrected chi connectivity index (χ3v) is 2.77. The Morgan fingerprint density at radius 2 is 2.11 bits per heavy atom. The van der Waals surface area contributed by atoms with E-state index in [9.17, 15) is 4.79 Å². The zero-order valence-electron chi connectivity index (χ0n) is 10.5. The van der Waals surface area contributed by atoms with E-state index in [1.807, 2.05) is 30.3 Å². The molecule has 18 heavy (non-hydrogen) atoms. The smallest absolute Gasteiger partial charge is 0.376 e. The summed E-state index contributed by atoms with van der Waals surface area (Å²) in [5.74, 6) is -0.0643. The molecule has 1 aliphatic rings. The Morgan fingerprint density at radius 1 is 1.33 bits per heavy atom. The average Bonchev–Trinajstić information content (AvgIpc) is 2.40. The minimum absolute atomic E-state index is 0.0146. The molecule has 1 atom stereocenters. The van der Waals surface area contributed by atoms with E-state index in [2.05, 4.69) is 4.99 Å². The number of benzene rings is 1. The van der Waals surface area contributed by atoms with Gasteiger partial charge in [0.15, 0.2) is 5.71 Å². The molecule has 1 heterocycles. The second kappa shape index (κ2) is 6.42. The fourth-order valence-corrected chi connectivity index (χ4v) is 1.97. The fourth-order valence-electron chi connectivity index (χ4n) is 1.97. The van der Waals surface area contributed by atoms with Gasteiger partial charge in [-0.25, -0.2) is 4.79 Å². The summed E-state index contributed by atoms with van der Waals surface area (Å²) in [7, 11) is 0. The molecule has 1 aromatic rings. The summed E-state index contributed by atoms with van der Waals surface area (Å²) in [6.45, 7) is 3.36. The van der Waals surface area contributed by atoms with Gasteiger partial charge in [0.1, 0.15) is 0 Å². The summed E-state index contributed by atoms with van der Waals surface area (Å²) in [4.78, 5) is 14.2.